The minimum Gasteiger partial charge on any atom is -0.388 e. The van der Waals surface area contributed by atoms with Crippen LogP contribution >= 0.6 is 0 Å². The number of anilines is 1. The molecule has 1 unspecified atom stereocenters. The molecule has 1 aliphatic heterocycles. The van der Waals surface area contributed by atoms with Gasteiger partial charge in [-0.05, 0) is 0 Å². The summed E-state index contributed by atoms with van der Waals surface area (Å²) in [4.78, 5) is 23.5. The first-order chi connectivity index (χ1) is 11.2. The van der Waals surface area contributed by atoms with Crippen molar-refractivity contribution in [2.24, 2.45) is 5.14 Å². The Morgan fingerprint density at radius 2 is 2.17 bits per heavy atom. The van der Waals surface area contributed by atoms with Gasteiger partial charge in [-0.1, -0.05) is 0 Å². The Hall–Kier alpha value is -2.10. The van der Waals surface area contributed by atoms with Crippen molar-refractivity contribution in [2.75, 3.05) is 18.9 Å². The fourth-order valence-electron chi connectivity index (χ4n) is 1.90. The lowest BCUT2D eigenvalue weighted by Crippen LogP contribution is -2.41. The highest BCUT2D eigenvalue weighted by Crippen LogP contribution is 2.13. The number of nitrogen functional groups attached to an aromatic ring is 1. The van der Waals surface area contributed by atoms with Crippen LogP contribution in [0, 0.1) is 0 Å². The van der Waals surface area contributed by atoms with E-state index in [1.165, 1.54) is 6.33 Å². The molecule has 9 N–H and O–H groups in total. The number of imidazole rings is 1. The van der Waals surface area contributed by atoms with Crippen molar-refractivity contribution in [3.05, 3.63) is 16.7 Å². The van der Waals surface area contributed by atoms with E-state index in [1.807, 2.05) is 4.72 Å². The minimum absolute atomic E-state index is 0.00185. The fourth-order valence-corrected chi connectivity index (χ4v) is 2.30. The first kappa shape index (κ1) is 18.2. The Morgan fingerprint density at radius 1 is 1.46 bits per heavy atom. The van der Waals surface area contributed by atoms with Gasteiger partial charge >= 0.3 is 0 Å². The van der Waals surface area contributed by atoms with Crippen LogP contribution in [-0.4, -0.2) is 70.0 Å². The maximum atomic E-state index is 11.0. The number of aliphatic hydroxyl groups excluding tert-OH is 2. The number of nitrogens with zero attached hydrogens (tertiary/aromatic N) is 2. The summed E-state index contributed by atoms with van der Waals surface area (Å²) in [5, 5.41) is 22.9. The van der Waals surface area contributed by atoms with E-state index in [1.54, 1.807) is 0 Å². The highest BCUT2D eigenvalue weighted by Gasteiger charge is 2.34. The number of nitrogens with two attached hydrogens (primary N) is 2. The Morgan fingerprint density at radius 3 is 2.75 bits per heavy atom. The van der Waals surface area contributed by atoms with Gasteiger partial charge in [0.15, 0.2) is 11.2 Å². The molecule has 0 aliphatic carbocycles. The monoisotopic (exact) mass is 363 g/mol. The van der Waals surface area contributed by atoms with Crippen LogP contribution < -0.4 is 21.2 Å². The summed E-state index contributed by atoms with van der Waals surface area (Å²) in [7, 11) is -3.78. The molecule has 0 amide bonds. The molecule has 24 heavy (non-hydrogen) atoms. The standard InChI is InChI=1S/C5H5N5O.C5H12N2O5S/c6-5-9-3-2(4(11)10-5)7-1-8-3;6-13(10,11)7-1-4-5(9)3(8)2-12-4/h1H,(H4,6,7,8,9,10,11);3-5,7-9H,1-2H2,(H2,6,10,11)/t;3-,4?,5-/m.0/s1. The lowest BCUT2D eigenvalue weighted by atomic mass is 10.1. The second kappa shape index (κ2) is 7.20. The molecular formula is C10H17N7O6S. The van der Waals surface area contributed by atoms with Crippen molar-refractivity contribution in [2.45, 2.75) is 18.3 Å². The summed E-state index contributed by atoms with van der Waals surface area (Å²) in [6.45, 7) is -0.144. The molecule has 13 nitrogen and oxygen atoms in total. The van der Waals surface area contributed by atoms with Crippen molar-refractivity contribution >= 4 is 27.3 Å². The maximum absolute atomic E-state index is 11.0. The van der Waals surface area contributed by atoms with E-state index in [9.17, 15) is 18.3 Å². The zero-order valence-electron chi connectivity index (χ0n) is 12.2. The molecule has 0 saturated carbocycles. The molecule has 1 saturated heterocycles. The summed E-state index contributed by atoms with van der Waals surface area (Å²) >= 11 is 0. The third-order valence-corrected chi connectivity index (χ3v) is 3.63. The lowest BCUT2D eigenvalue weighted by Gasteiger charge is -2.14. The Kier molecular flexibility index (Phi) is 5.47. The first-order valence-corrected chi connectivity index (χ1v) is 8.16. The molecule has 2 aromatic rings. The number of hydrogen-bond acceptors (Lipinski definition) is 9. The fraction of sp³-hybridized carbons (Fsp3) is 0.500. The summed E-state index contributed by atoms with van der Waals surface area (Å²) in [6.07, 6.45) is -1.39. The Labute approximate surface area is 135 Å². The first-order valence-electron chi connectivity index (χ1n) is 6.61. The highest BCUT2D eigenvalue weighted by molar-refractivity contribution is 7.87. The predicted molar refractivity (Wildman–Crippen MR) is 81.8 cm³/mol. The van der Waals surface area contributed by atoms with Crippen LogP contribution in [0.4, 0.5) is 5.95 Å². The van der Waals surface area contributed by atoms with Crippen molar-refractivity contribution in [1.29, 1.82) is 0 Å². The molecule has 1 aliphatic rings. The second-order valence-corrected chi connectivity index (χ2v) is 6.25. The van der Waals surface area contributed by atoms with E-state index in [0.29, 0.717) is 11.2 Å². The number of ether oxygens (including phenoxy) is 1. The summed E-state index contributed by atoms with van der Waals surface area (Å²) in [5.74, 6) is 0.0783. The minimum atomic E-state index is -3.78. The third-order valence-electron chi connectivity index (χ3n) is 3.06. The molecule has 3 atom stereocenters. The van der Waals surface area contributed by atoms with Crippen LogP contribution in [-0.2, 0) is 14.9 Å². The van der Waals surface area contributed by atoms with Crippen molar-refractivity contribution < 1.29 is 23.4 Å². The van der Waals surface area contributed by atoms with Gasteiger partial charge in [-0.2, -0.15) is 18.1 Å². The average molecular weight is 363 g/mol. The van der Waals surface area contributed by atoms with Crippen LogP contribution in [0.5, 0.6) is 0 Å². The van der Waals surface area contributed by atoms with Crippen molar-refractivity contribution in [1.82, 2.24) is 24.7 Å². The number of aliphatic hydroxyl groups is 2. The van der Waals surface area contributed by atoms with Crippen LogP contribution in [0.3, 0.4) is 0 Å². The molecule has 0 spiro atoms. The zero-order chi connectivity index (χ0) is 17.9. The molecule has 0 aromatic carbocycles. The summed E-state index contributed by atoms with van der Waals surface area (Å²) in [5.41, 5.74) is 5.65. The van der Waals surface area contributed by atoms with Gasteiger partial charge in [0.25, 0.3) is 15.8 Å². The molecular weight excluding hydrogens is 346 g/mol. The average Bonchev–Trinajstić information content (AvgIpc) is 3.05. The highest BCUT2D eigenvalue weighted by atomic mass is 32.2. The number of aromatic nitrogens is 4. The lowest BCUT2D eigenvalue weighted by molar-refractivity contribution is 0.0260. The van der Waals surface area contributed by atoms with Gasteiger partial charge < -0.3 is 25.7 Å². The number of nitrogens with one attached hydrogen (secondary N) is 3. The van der Waals surface area contributed by atoms with Gasteiger partial charge in [-0.15, -0.1) is 0 Å². The molecule has 0 bridgehead atoms. The van der Waals surface area contributed by atoms with E-state index >= 15 is 0 Å². The van der Waals surface area contributed by atoms with E-state index in [2.05, 4.69) is 25.1 Å². The van der Waals surface area contributed by atoms with E-state index in [-0.39, 0.29) is 24.7 Å². The number of aromatic amines is 2. The quantitative estimate of drug-likeness (QED) is 0.283. The molecule has 134 valence electrons. The van der Waals surface area contributed by atoms with Gasteiger partial charge in [0.2, 0.25) is 5.95 Å². The Bertz CT molecular complexity index is 849. The van der Waals surface area contributed by atoms with Crippen LogP contribution in [0.15, 0.2) is 11.1 Å². The number of fused-ring (bicyclic) bond motifs is 1. The predicted octanol–water partition coefficient (Wildman–Crippen LogP) is -3.87. The van der Waals surface area contributed by atoms with E-state index in [4.69, 9.17) is 15.6 Å². The van der Waals surface area contributed by atoms with Crippen molar-refractivity contribution in [3.63, 3.8) is 0 Å². The van der Waals surface area contributed by atoms with E-state index < -0.39 is 28.5 Å². The van der Waals surface area contributed by atoms with Crippen LogP contribution in [0.2, 0.25) is 0 Å². The smallest absolute Gasteiger partial charge is 0.278 e. The zero-order valence-corrected chi connectivity index (χ0v) is 13.0. The van der Waals surface area contributed by atoms with Gasteiger partial charge in [0, 0.05) is 6.54 Å². The maximum Gasteiger partial charge on any atom is 0.278 e. The second-order valence-electron chi connectivity index (χ2n) is 4.88. The molecule has 3 heterocycles. The Balaban J connectivity index is 0.000000175. The van der Waals surface area contributed by atoms with Crippen LogP contribution in [0.25, 0.3) is 11.2 Å². The summed E-state index contributed by atoms with van der Waals surface area (Å²) in [6, 6.07) is 0. The number of hydrogen-bond donors (Lipinski definition) is 7. The van der Waals surface area contributed by atoms with E-state index in [0.717, 1.165) is 0 Å². The third kappa shape index (κ3) is 4.70. The van der Waals surface area contributed by atoms with Gasteiger partial charge in [-0.3, -0.25) is 9.78 Å². The molecule has 2 aromatic heterocycles. The molecule has 14 heteroatoms. The molecule has 0 radical (unpaired) electrons. The van der Waals surface area contributed by atoms with Gasteiger partial charge in [-0.25, -0.2) is 10.1 Å². The summed E-state index contributed by atoms with van der Waals surface area (Å²) < 4.78 is 27.7. The number of rotatable bonds is 3. The molecule has 3 rings (SSSR count). The van der Waals surface area contributed by atoms with Crippen molar-refractivity contribution in [3.8, 4) is 0 Å². The van der Waals surface area contributed by atoms with Gasteiger partial charge in [0.1, 0.15) is 12.2 Å². The SMILES string of the molecule is NS(=O)(=O)NCC1OC[C@H](O)[C@@H]1O.Nc1nc2nc[nH]c2c(=O)[nH]1. The van der Waals surface area contributed by atoms with Crippen LogP contribution in [0.1, 0.15) is 0 Å². The topological polar surface area (TPSA) is 222 Å². The number of H-pyrrole nitrogens is 2. The largest absolute Gasteiger partial charge is 0.388 e. The molecule has 1 fully saturated rings. The normalized spacial score (nSPS) is 23.9. The van der Waals surface area contributed by atoms with Gasteiger partial charge in [0.05, 0.1) is 19.0 Å².